The highest BCUT2D eigenvalue weighted by molar-refractivity contribution is 14.0. The van der Waals surface area contributed by atoms with Crippen molar-refractivity contribution in [2.45, 2.75) is 13.8 Å². The van der Waals surface area contributed by atoms with Gasteiger partial charge < -0.3 is 25.2 Å². The number of methoxy groups -OCH3 is 1. The third-order valence-corrected chi connectivity index (χ3v) is 4.66. The molecular formula is C19H31ClIN5O2. The topological polar surface area (TPSA) is 69.2 Å². The van der Waals surface area contributed by atoms with Gasteiger partial charge in [-0.05, 0) is 31.5 Å². The average Bonchev–Trinajstić information content (AvgIpc) is 2.67. The SMILES string of the molecule is CCNC(=NCC(=O)NCCOC)N1CCN(c2cc(Cl)ccc2C)CC1.I. The van der Waals surface area contributed by atoms with E-state index < -0.39 is 0 Å². The summed E-state index contributed by atoms with van der Waals surface area (Å²) in [5.74, 6) is 0.678. The molecule has 9 heteroatoms. The van der Waals surface area contributed by atoms with Gasteiger partial charge in [-0.3, -0.25) is 4.79 Å². The van der Waals surface area contributed by atoms with E-state index in [0.29, 0.717) is 13.2 Å². The molecule has 28 heavy (non-hydrogen) atoms. The number of carbonyl (C=O) groups excluding carboxylic acids is 1. The average molecular weight is 524 g/mol. The van der Waals surface area contributed by atoms with Crippen molar-refractivity contribution < 1.29 is 9.53 Å². The van der Waals surface area contributed by atoms with Crippen LogP contribution in [0.15, 0.2) is 23.2 Å². The van der Waals surface area contributed by atoms with Gasteiger partial charge in [-0.25, -0.2) is 4.99 Å². The number of anilines is 1. The number of guanidine groups is 1. The standard InChI is InChI=1S/C19H30ClN5O2.HI/c1-4-21-19(23-14-18(26)22-7-12-27-3)25-10-8-24(9-11-25)17-13-16(20)6-5-15(17)2;/h5-6,13H,4,7-12,14H2,1-3H3,(H,21,23)(H,22,26);1H. The molecule has 1 saturated heterocycles. The molecule has 0 bridgehead atoms. The minimum atomic E-state index is -0.101. The van der Waals surface area contributed by atoms with Crippen LogP contribution in [0.3, 0.4) is 0 Å². The zero-order chi connectivity index (χ0) is 19.6. The minimum Gasteiger partial charge on any atom is -0.383 e. The Hall–Kier alpha value is -1.26. The summed E-state index contributed by atoms with van der Waals surface area (Å²) in [4.78, 5) is 20.9. The van der Waals surface area contributed by atoms with Crippen molar-refractivity contribution in [3.63, 3.8) is 0 Å². The first-order chi connectivity index (χ1) is 13.0. The number of rotatable bonds is 7. The first-order valence-electron chi connectivity index (χ1n) is 9.35. The molecule has 0 aliphatic carbocycles. The summed E-state index contributed by atoms with van der Waals surface area (Å²) in [5, 5.41) is 6.82. The second-order valence-corrected chi connectivity index (χ2v) is 6.85. The van der Waals surface area contributed by atoms with Gasteiger partial charge in [-0.1, -0.05) is 17.7 Å². The van der Waals surface area contributed by atoms with Gasteiger partial charge >= 0.3 is 0 Å². The lowest BCUT2D eigenvalue weighted by atomic mass is 10.1. The molecule has 158 valence electrons. The van der Waals surface area contributed by atoms with Gasteiger partial charge in [-0.15, -0.1) is 24.0 Å². The van der Waals surface area contributed by atoms with E-state index in [9.17, 15) is 4.79 Å². The van der Waals surface area contributed by atoms with Crippen LogP contribution in [0.2, 0.25) is 5.02 Å². The van der Waals surface area contributed by atoms with Gasteiger partial charge in [0.15, 0.2) is 5.96 Å². The lowest BCUT2D eigenvalue weighted by Gasteiger charge is -2.38. The van der Waals surface area contributed by atoms with Crippen LogP contribution in [0.25, 0.3) is 0 Å². The van der Waals surface area contributed by atoms with Crippen molar-refractivity contribution in [3.8, 4) is 0 Å². The Bertz CT molecular complexity index is 651. The summed E-state index contributed by atoms with van der Waals surface area (Å²) < 4.78 is 4.93. The Morgan fingerprint density at radius 2 is 1.96 bits per heavy atom. The maximum Gasteiger partial charge on any atom is 0.241 e. The van der Waals surface area contributed by atoms with Gasteiger partial charge in [0.2, 0.25) is 5.91 Å². The van der Waals surface area contributed by atoms with Gasteiger partial charge in [0, 0.05) is 57.1 Å². The molecule has 0 aromatic heterocycles. The Morgan fingerprint density at radius 1 is 1.25 bits per heavy atom. The number of benzene rings is 1. The number of nitrogens with one attached hydrogen (secondary N) is 2. The number of halogens is 2. The lowest BCUT2D eigenvalue weighted by molar-refractivity contribution is -0.119. The Morgan fingerprint density at radius 3 is 2.61 bits per heavy atom. The molecule has 7 nitrogen and oxygen atoms in total. The van der Waals surface area contributed by atoms with Crippen LogP contribution in [0.4, 0.5) is 5.69 Å². The first kappa shape index (κ1) is 24.8. The highest BCUT2D eigenvalue weighted by Gasteiger charge is 2.21. The lowest BCUT2D eigenvalue weighted by Crippen LogP contribution is -2.53. The molecule has 0 saturated carbocycles. The third kappa shape index (κ3) is 7.63. The van der Waals surface area contributed by atoms with Crippen LogP contribution >= 0.6 is 35.6 Å². The van der Waals surface area contributed by atoms with E-state index in [0.717, 1.165) is 43.7 Å². The number of hydrogen-bond acceptors (Lipinski definition) is 4. The molecule has 0 atom stereocenters. The van der Waals surface area contributed by atoms with Crippen molar-refractivity contribution in [2.75, 3.05) is 64.4 Å². The number of ether oxygens (including phenoxy) is 1. The first-order valence-corrected chi connectivity index (χ1v) is 9.73. The number of nitrogens with zero attached hydrogens (tertiary/aromatic N) is 3. The Labute approximate surface area is 189 Å². The quantitative estimate of drug-likeness (QED) is 0.248. The predicted octanol–water partition coefficient (Wildman–Crippen LogP) is 2.12. The maximum atomic E-state index is 11.9. The smallest absolute Gasteiger partial charge is 0.241 e. The van der Waals surface area contributed by atoms with E-state index in [1.165, 1.54) is 11.3 Å². The highest BCUT2D eigenvalue weighted by Crippen LogP contribution is 2.25. The molecule has 1 aliphatic rings. The number of carbonyl (C=O) groups is 1. The molecule has 0 unspecified atom stereocenters. The molecule has 1 amide bonds. The van der Waals surface area contributed by atoms with E-state index in [2.05, 4.69) is 38.4 Å². The number of aryl methyl sites for hydroxylation is 1. The summed E-state index contributed by atoms with van der Waals surface area (Å²) in [5.41, 5.74) is 2.41. The van der Waals surface area contributed by atoms with E-state index in [4.69, 9.17) is 16.3 Å². The molecule has 1 fully saturated rings. The molecule has 1 heterocycles. The van der Waals surface area contributed by atoms with Gasteiger partial charge in [-0.2, -0.15) is 0 Å². The fourth-order valence-electron chi connectivity index (χ4n) is 3.00. The number of amides is 1. The zero-order valence-electron chi connectivity index (χ0n) is 16.8. The van der Waals surface area contributed by atoms with E-state index in [1.54, 1.807) is 7.11 Å². The fraction of sp³-hybridized carbons (Fsp3) is 0.579. The second kappa shape index (κ2) is 13.1. The van der Waals surface area contributed by atoms with E-state index in [-0.39, 0.29) is 36.4 Å². The molecule has 2 rings (SSSR count). The van der Waals surface area contributed by atoms with Crippen molar-refractivity contribution >= 4 is 53.1 Å². The molecule has 2 N–H and O–H groups in total. The second-order valence-electron chi connectivity index (χ2n) is 6.42. The molecule has 0 radical (unpaired) electrons. The highest BCUT2D eigenvalue weighted by atomic mass is 127. The summed E-state index contributed by atoms with van der Waals surface area (Å²) in [6.07, 6.45) is 0. The molecular weight excluding hydrogens is 493 g/mol. The van der Waals surface area contributed by atoms with Crippen molar-refractivity contribution in [1.82, 2.24) is 15.5 Å². The van der Waals surface area contributed by atoms with Crippen LogP contribution in [0, 0.1) is 6.92 Å². The van der Waals surface area contributed by atoms with Crippen molar-refractivity contribution in [1.29, 1.82) is 0 Å². The fourth-order valence-corrected chi connectivity index (χ4v) is 3.17. The normalized spacial score (nSPS) is 14.5. The number of aliphatic imine (C=N–C) groups is 1. The van der Waals surface area contributed by atoms with Crippen LogP contribution in [-0.2, 0) is 9.53 Å². The van der Waals surface area contributed by atoms with Crippen molar-refractivity contribution in [2.24, 2.45) is 4.99 Å². The largest absolute Gasteiger partial charge is 0.383 e. The predicted molar refractivity (Wildman–Crippen MR) is 126 cm³/mol. The minimum absolute atomic E-state index is 0. The van der Waals surface area contributed by atoms with Crippen LogP contribution < -0.4 is 15.5 Å². The van der Waals surface area contributed by atoms with Gasteiger partial charge in [0.1, 0.15) is 6.54 Å². The molecule has 0 spiro atoms. The molecule has 1 aromatic carbocycles. The molecule has 1 aromatic rings. The van der Waals surface area contributed by atoms with Crippen LogP contribution in [0.1, 0.15) is 12.5 Å². The Kier molecular flexibility index (Phi) is 11.6. The number of hydrogen-bond donors (Lipinski definition) is 2. The summed E-state index contributed by atoms with van der Waals surface area (Å²) in [6, 6.07) is 6.00. The summed E-state index contributed by atoms with van der Waals surface area (Å²) >= 11 is 6.16. The summed E-state index contributed by atoms with van der Waals surface area (Å²) in [7, 11) is 1.61. The molecule has 1 aliphatic heterocycles. The monoisotopic (exact) mass is 523 g/mol. The van der Waals surface area contributed by atoms with Crippen LogP contribution in [-0.4, -0.2) is 76.3 Å². The Balaban J connectivity index is 0.00000392. The van der Waals surface area contributed by atoms with Gasteiger partial charge in [0.05, 0.1) is 6.61 Å². The summed E-state index contributed by atoms with van der Waals surface area (Å²) in [6.45, 7) is 9.44. The number of piperazine rings is 1. The maximum absolute atomic E-state index is 11.9. The van der Waals surface area contributed by atoms with Gasteiger partial charge in [0.25, 0.3) is 0 Å². The van der Waals surface area contributed by atoms with Crippen molar-refractivity contribution in [3.05, 3.63) is 28.8 Å². The zero-order valence-corrected chi connectivity index (χ0v) is 19.9. The van der Waals surface area contributed by atoms with E-state index in [1.807, 2.05) is 19.1 Å². The third-order valence-electron chi connectivity index (χ3n) is 4.43. The van der Waals surface area contributed by atoms with Crippen LogP contribution in [0.5, 0.6) is 0 Å². The van der Waals surface area contributed by atoms with E-state index >= 15 is 0 Å².